The first kappa shape index (κ1) is 17.0. The van der Waals surface area contributed by atoms with Crippen molar-refractivity contribution in [1.82, 2.24) is 15.3 Å². The van der Waals surface area contributed by atoms with Crippen LogP contribution >= 0.6 is 0 Å². The van der Waals surface area contributed by atoms with Crippen molar-refractivity contribution in [3.63, 3.8) is 0 Å². The van der Waals surface area contributed by atoms with Gasteiger partial charge in [-0.05, 0) is 23.6 Å². The molecule has 0 aliphatic heterocycles. The topological polar surface area (TPSA) is 111 Å². The minimum atomic E-state index is -0.170. The van der Waals surface area contributed by atoms with Crippen LogP contribution in [0.15, 0.2) is 36.5 Å². The molecule has 0 aliphatic carbocycles. The molecule has 0 fully saturated rings. The number of hydrogen-bond acceptors (Lipinski definition) is 5. The zero-order chi connectivity index (χ0) is 17.8. The normalized spacial score (nSPS) is 12.2. The monoisotopic (exact) mass is 335 g/mol. The molecule has 128 valence electrons. The third kappa shape index (κ3) is 3.48. The number of nitrogens with zero attached hydrogens (tertiary/aromatic N) is 2. The van der Waals surface area contributed by atoms with Crippen molar-refractivity contribution in [2.75, 3.05) is 12.3 Å². The van der Waals surface area contributed by atoms with Gasteiger partial charge in [0.1, 0.15) is 11.9 Å². The summed E-state index contributed by atoms with van der Waals surface area (Å²) in [6.45, 7) is 3.24. The van der Waals surface area contributed by atoms with E-state index in [1.807, 2.05) is 24.4 Å². The van der Waals surface area contributed by atoms with Crippen LogP contribution in [0.4, 0.5) is 5.82 Å². The Hall–Kier alpha value is -2.88. The fourth-order valence-corrected chi connectivity index (χ4v) is 3.01. The summed E-state index contributed by atoms with van der Waals surface area (Å²) in [6.07, 6.45) is 2.05. The molecule has 5 N–H and O–H groups in total. The van der Waals surface area contributed by atoms with Gasteiger partial charge in [-0.3, -0.25) is 0 Å². The van der Waals surface area contributed by atoms with E-state index in [4.69, 9.17) is 11.0 Å². The Labute approximate surface area is 146 Å². The van der Waals surface area contributed by atoms with Crippen LogP contribution in [0.3, 0.4) is 0 Å². The molecule has 3 rings (SSSR count). The number of benzene rings is 1. The first-order valence-corrected chi connectivity index (χ1v) is 8.20. The smallest absolute Gasteiger partial charge is 0.141 e. The number of nitrogens with two attached hydrogens (primary N) is 1. The third-order valence-corrected chi connectivity index (χ3v) is 4.41. The molecule has 0 saturated heterocycles. The fourth-order valence-electron chi connectivity index (χ4n) is 3.01. The van der Waals surface area contributed by atoms with Gasteiger partial charge >= 0.3 is 0 Å². The molecule has 1 unspecified atom stereocenters. The highest BCUT2D eigenvalue weighted by Crippen LogP contribution is 2.25. The summed E-state index contributed by atoms with van der Waals surface area (Å²) in [4.78, 5) is 7.55. The van der Waals surface area contributed by atoms with Crippen LogP contribution in [0.2, 0.25) is 0 Å². The largest absolute Gasteiger partial charge is 0.392 e. The van der Waals surface area contributed by atoms with Crippen LogP contribution in [0, 0.1) is 11.3 Å². The van der Waals surface area contributed by atoms with Gasteiger partial charge < -0.3 is 21.1 Å². The van der Waals surface area contributed by atoms with Gasteiger partial charge in [0.25, 0.3) is 0 Å². The minimum absolute atomic E-state index is 0.170. The maximum Gasteiger partial charge on any atom is 0.141 e. The zero-order valence-electron chi connectivity index (χ0n) is 14.1. The number of nitrogen functional groups attached to an aromatic ring is 1. The lowest BCUT2D eigenvalue weighted by Gasteiger charge is -2.14. The average Bonchev–Trinajstić information content (AvgIpc) is 3.06. The molecule has 0 bridgehead atoms. The Morgan fingerprint density at radius 3 is 2.96 bits per heavy atom. The molecule has 3 aromatic rings. The summed E-state index contributed by atoms with van der Waals surface area (Å²) in [7, 11) is 0. The van der Waals surface area contributed by atoms with Crippen LogP contribution < -0.4 is 11.1 Å². The minimum Gasteiger partial charge on any atom is -0.392 e. The number of aromatic nitrogens is 2. The molecule has 0 spiro atoms. The number of aromatic amines is 1. The molecule has 0 aliphatic rings. The lowest BCUT2D eigenvalue weighted by atomic mass is 10.0. The van der Waals surface area contributed by atoms with Crippen LogP contribution in [0.25, 0.3) is 10.9 Å². The second kappa shape index (κ2) is 7.34. The molecule has 6 heteroatoms. The van der Waals surface area contributed by atoms with Gasteiger partial charge in [-0.25, -0.2) is 4.98 Å². The SMILES string of the molecule is CC(CNCc1nc(N)c(C#N)cc1CO)c1c[nH]c2ccccc12. The van der Waals surface area contributed by atoms with E-state index >= 15 is 0 Å². The molecule has 6 nitrogen and oxygen atoms in total. The predicted octanol–water partition coefficient (Wildman–Crippen LogP) is 2.40. The van der Waals surface area contributed by atoms with Gasteiger partial charge in [-0.15, -0.1) is 0 Å². The van der Waals surface area contributed by atoms with Gasteiger partial charge in [0.15, 0.2) is 0 Å². The van der Waals surface area contributed by atoms with Crippen molar-refractivity contribution >= 4 is 16.7 Å². The summed E-state index contributed by atoms with van der Waals surface area (Å²) in [6, 6.07) is 11.8. The Morgan fingerprint density at radius 2 is 2.20 bits per heavy atom. The lowest BCUT2D eigenvalue weighted by Crippen LogP contribution is -2.21. The molecular weight excluding hydrogens is 314 g/mol. The van der Waals surface area contributed by atoms with E-state index in [9.17, 15) is 5.11 Å². The summed E-state index contributed by atoms with van der Waals surface area (Å²) < 4.78 is 0. The number of H-pyrrole nitrogens is 1. The van der Waals surface area contributed by atoms with E-state index in [2.05, 4.69) is 34.3 Å². The maximum atomic E-state index is 9.48. The Bertz CT molecular complexity index is 925. The predicted molar refractivity (Wildman–Crippen MR) is 97.7 cm³/mol. The van der Waals surface area contributed by atoms with Crippen LogP contribution in [-0.4, -0.2) is 21.6 Å². The van der Waals surface area contributed by atoms with Crippen molar-refractivity contribution in [3.05, 3.63) is 58.9 Å². The number of nitriles is 1. The summed E-state index contributed by atoms with van der Waals surface area (Å²) >= 11 is 0. The van der Waals surface area contributed by atoms with Crippen LogP contribution in [0.1, 0.15) is 35.2 Å². The molecule has 2 aromatic heterocycles. The highest BCUT2D eigenvalue weighted by Gasteiger charge is 2.13. The molecule has 0 radical (unpaired) electrons. The van der Waals surface area contributed by atoms with Crippen molar-refractivity contribution in [1.29, 1.82) is 5.26 Å². The fraction of sp³-hybridized carbons (Fsp3) is 0.263. The first-order valence-electron chi connectivity index (χ1n) is 8.20. The van der Waals surface area contributed by atoms with Gasteiger partial charge in [0.05, 0.1) is 17.9 Å². The number of aliphatic hydroxyl groups is 1. The Balaban J connectivity index is 1.69. The Morgan fingerprint density at radius 1 is 1.40 bits per heavy atom. The van der Waals surface area contributed by atoms with Gasteiger partial charge in [0.2, 0.25) is 0 Å². The van der Waals surface area contributed by atoms with E-state index in [1.54, 1.807) is 6.07 Å². The molecule has 1 aromatic carbocycles. The van der Waals surface area contributed by atoms with Gasteiger partial charge in [-0.2, -0.15) is 5.26 Å². The standard InChI is InChI=1S/C19H21N5O/c1-12(16-9-23-17-5-3-2-4-15(16)17)8-22-10-18-14(11-25)6-13(7-20)19(21)24-18/h2-6,9,12,22-23,25H,8,10-11H2,1H3,(H2,21,24). The van der Waals surface area contributed by atoms with Crippen molar-refractivity contribution in [3.8, 4) is 6.07 Å². The first-order chi connectivity index (χ1) is 12.1. The Kier molecular flexibility index (Phi) is 4.98. The van der Waals surface area contributed by atoms with Gasteiger partial charge in [-0.1, -0.05) is 25.1 Å². The van der Waals surface area contributed by atoms with E-state index in [1.165, 1.54) is 10.9 Å². The van der Waals surface area contributed by atoms with E-state index in [0.29, 0.717) is 29.3 Å². The van der Waals surface area contributed by atoms with E-state index in [0.717, 1.165) is 12.1 Å². The third-order valence-electron chi connectivity index (χ3n) is 4.41. The average molecular weight is 335 g/mol. The number of pyridine rings is 1. The van der Waals surface area contributed by atoms with Gasteiger partial charge in [0, 0.05) is 35.8 Å². The maximum absolute atomic E-state index is 9.48. The van der Waals surface area contributed by atoms with Crippen molar-refractivity contribution in [2.24, 2.45) is 0 Å². The number of nitrogens with one attached hydrogen (secondary N) is 2. The van der Waals surface area contributed by atoms with Crippen LogP contribution in [0.5, 0.6) is 0 Å². The molecule has 0 amide bonds. The number of rotatable bonds is 6. The number of para-hydroxylation sites is 1. The molecule has 0 saturated carbocycles. The van der Waals surface area contributed by atoms with Crippen molar-refractivity contribution in [2.45, 2.75) is 26.0 Å². The molecular formula is C19H21N5O. The summed E-state index contributed by atoms with van der Waals surface area (Å²) in [5.41, 5.74) is 9.76. The second-order valence-electron chi connectivity index (χ2n) is 6.12. The number of fused-ring (bicyclic) bond motifs is 1. The molecule has 1 atom stereocenters. The van der Waals surface area contributed by atoms with Crippen molar-refractivity contribution < 1.29 is 5.11 Å². The molecule has 2 heterocycles. The lowest BCUT2D eigenvalue weighted by molar-refractivity contribution is 0.279. The highest BCUT2D eigenvalue weighted by atomic mass is 16.3. The summed E-state index contributed by atoms with van der Waals surface area (Å²) in [5.74, 6) is 0.505. The second-order valence-corrected chi connectivity index (χ2v) is 6.12. The highest BCUT2D eigenvalue weighted by molar-refractivity contribution is 5.83. The summed E-state index contributed by atoms with van der Waals surface area (Å²) in [5, 5.41) is 23.1. The molecule has 25 heavy (non-hydrogen) atoms. The van der Waals surface area contributed by atoms with E-state index in [-0.39, 0.29) is 12.4 Å². The number of hydrogen-bond donors (Lipinski definition) is 4. The van der Waals surface area contributed by atoms with Crippen LogP contribution in [-0.2, 0) is 13.2 Å². The van der Waals surface area contributed by atoms with E-state index < -0.39 is 0 Å². The zero-order valence-corrected chi connectivity index (χ0v) is 14.1. The quantitative estimate of drug-likeness (QED) is 0.553. The number of anilines is 1. The number of aliphatic hydroxyl groups excluding tert-OH is 1.